The molecule has 31 heavy (non-hydrogen) atoms. The second-order valence-corrected chi connectivity index (χ2v) is 9.15. The Morgan fingerprint density at radius 2 is 1.77 bits per heavy atom. The van der Waals surface area contributed by atoms with E-state index in [2.05, 4.69) is 4.72 Å². The van der Waals surface area contributed by atoms with Crippen LogP contribution in [0, 0.1) is 12.8 Å². The lowest BCUT2D eigenvalue weighted by molar-refractivity contribution is -0.148. The number of aryl methyl sites for hydroxylation is 1. The van der Waals surface area contributed by atoms with E-state index >= 15 is 0 Å². The Kier molecular flexibility index (Phi) is 6.84. The van der Waals surface area contributed by atoms with Gasteiger partial charge in [0, 0.05) is 13.1 Å². The van der Waals surface area contributed by atoms with Gasteiger partial charge in [-0.1, -0.05) is 17.7 Å². The van der Waals surface area contributed by atoms with E-state index in [0.29, 0.717) is 38.2 Å². The number of hydrogen-bond donors (Lipinski definition) is 2. The van der Waals surface area contributed by atoms with Crippen molar-refractivity contribution in [2.45, 2.75) is 31.6 Å². The molecular formula is C22H26N2O6S. The van der Waals surface area contributed by atoms with Crippen molar-refractivity contribution in [2.24, 2.45) is 5.92 Å². The van der Waals surface area contributed by atoms with Crippen molar-refractivity contribution in [1.82, 2.24) is 0 Å². The number of benzene rings is 2. The van der Waals surface area contributed by atoms with Gasteiger partial charge in [0.2, 0.25) is 0 Å². The third-order valence-electron chi connectivity index (χ3n) is 5.27. The summed E-state index contributed by atoms with van der Waals surface area (Å²) in [7, 11) is -3.91. The van der Waals surface area contributed by atoms with E-state index in [4.69, 9.17) is 4.74 Å². The van der Waals surface area contributed by atoms with Crippen molar-refractivity contribution in [3.8, 4) is 0 Å². The second kappa shape index (κ2) is 9.38. The quantitative estimate of drug-likeness (QED) is 0.628. The van der Waals surface area contributed by atoms with Crippen LogP contribution in [-0.4, -0.2) is 45.2 Å². The predicted molar refractivity (Wildman–Crippen MR) is 117 cm³/mol. The largest absolute Gasteiger partial charge is 0.478 e. The first-order chi connectivity index (χ1) is 14.7. The van der Waals surface area contributed by atoms with Crippen LogP contribution in [0.15, 0.2) is 47.4 Å². The molecule has 0 atom stereocenters. The van der Waals surface area contributed by atoms with E-state index in [0.717, 1.165) is 5.56 Å². The van der Waals surface area contributed by atoms with E-state index in [-0.39, 0.29) is 28.0 Å². The molecule has 0 spiro atoms. The molecule has 1 aliphatic heterocycles. The molecule has 0 amide bonds. The molecule has 166 valence electrons. The minimum absolute atomic E-state index is 0.0215. The van der Waals surface area contributed by atoms with Gasteiger partial charge in [0.1, 0.15) is 0 Å². The second-order valence-electron chi connectivity index (χ2n) is 7.47. The topological polar surface area (TPSA) is 113 Å². The average Bonchev–Trinajstić information content (AvgIpc) is 2.74. The molecule has 0 aromatic heterocycles. The van der Waals surface area contributed by atoms with Crippen LogP contribution in [0.4, 0.5) is 11.4 Å². The number of sulfonamides is 1. The minimum atomic E-state index is -3.91. The highest BCUT2D eigenvalue weighted by Gasteiger charge is 2.28. The number of carboxylic acid groups (broad SMARTS) is 1. The average molecular weight is 447 g/mol. The van der Waals surface area contributed by atoms with E-state index in [1.165, 1.54) is 24.3 Å². The maximum absolute atomic E-state index is 12.9. The summed E-state index contributed by atoms with van der Waals surface area (Å²) in [4.78, 5) is 25.5. The molecule has 1 aliphatic rings. The standard InChI is InChI=1S/C22H26N2O6S/c1-3-30-22(27)16-10-12-24(13-11-16)20-9-6-17(21(25)26)14-19(20)23-31(28,29)18-7-4-15(2)5-8-18/h4-9,14,16,23H,3,10-13H2,1-2H3,(H,25,26). The molecule has 0 aliphatic carbocycles. The zero-order valence-electron chi connectivity index (χ0n) is 17.5. The fourth-order valence-corrected chi connectivity index (χ4v) is 4.63. The van der Waals surface area contributed by atoms with Gasteiger partial charge in [-0.05, 0) is 57.0 Å². The molecule has 0 unspecified atom stereocenters. The van der Waals surface area contributed by atoms with Crippen molar-refractivity contribution in [2.75, 3.05) is 29.3 Å². The SMILES string of the molecule is CCOC(=O)C1CCN(c2ccc(C(=O)O)cc2NS(=O)(=O)c2ccc(C)cc2)CC1. The first kappa shape index (κ1) is 22.6. The van der Waals surface area contributed by atoms with Crippen LogP contribution in [-0.2, 0) is 19.6 Å². The zero-order chi connectivity index (χ0) is 22.6. The van der Waals surface area contributed by atoms with Crippen LogP contribution in [0.1, 0.15) is 35.7 Å². The molecule has 0 saturated carbocycles. The number of carbonyl (C=O) groups excluding carboxylic acids is 1. The van der Waals surface area contributed by atoms with Crippen molar-refractivity contribution in [3.63, 3.8) is 0 Å². The van der Waals surface area contributed by atoms with Gasteiger partial charge in [-0.2, -0.15) is 0 Å². The lowest BCUT2D eigenvalue weighted by Gasteiger charge is -2.34. The van der Waals surface area contributed by atoms with Gasteiger partial charge >= 0.3 is 11.9 Å². The number of ether oxygens (including phenoxy) is 1. The summed E-state index contributed by atoms with van der Waals surface area (Å²) in [6.45, 7) is 5.01. The fraction of sp³-hybridized carbons (Fsp3) is 0.364. The van der Waals surface area contributed by atoms with E-state index in [9.17, 15) is 23.1 Å². The number of carbonyl (C=O) groups is 2. The van der Waals surface area contributed by atoms with Crippen molar-refractivity contribution in [1.29, 1.82) is 0 Å². The smallest absolute Gasteiger partial charge is 0.335 e. The number of anilines is 2. The molecule has 9 heteroatoms. The predicted octanol–water partition coefficient (Wildman–Crippen LogP) is 3.27. The zero-order valence-corrected chi connectivity index (χ0v) is 18.3. The molecule has 2 aromatic carbocycles. The Balaban J connectivity index is 1.87. The van der Waals surface area contributed by atoms with Crippen LogP contribution in [0.3, 0.4) is 0 Å². The maximum Gasteiger partial charge on any atom is 0.335 e. The summed E-state index contributed by atoms with van der Waals surface area (Å²) in [6.07, 6.45) is 1.15. The summed E-state index contributed by atoms with van der Waals surface area (Å²) >= 11 is 0. The number of rotatable bonds is 7. The highest BCUT2D eigenvalue weighted by Crippen LogP contribution is 2.33. The van der Waals surface area contributed by atoms with Gasteiger partial charge in [0.25, 0.3) is 10.0 Å². The number of nitrogens with zero attached hydrogens (tertiary/aromatic N) is 1. The lowest BCUT2D eigenvalue weighted by Crippen LogP contribution is -2.37. The summed E-state index contributed by atoms with van der Waals surface area (Å²) in [5.74, 6) is -1.56. The Hall–Kier alpha value is -3.07. The van der Waals surface area contributed by atoms with E-state index < -0.39 is 16.0 Å². The fourth-order valence-electron chi connectivity index (χ4n) is 3.56. The van der Waals surface area contributed by atoms with Crippen LogP contribution in [0.2, 0.25) is 0 Å². The highest BCUT2D eigenvalue weighted by molar-refractivity contribution is 7.92. The van der Waals surface area contributed by atoms with Gasteiger partial charge in [0.05, 0.1) is 34.4 Å². The van der Waals surface area contributed by atoms with Gasteiger partial charge in [-0.3, -0.25) is 9.52 Å². The molecule has 1 heterocycles. The van der Waals surface area contributed by atoms with Crippen molar-refractivity contribution >= 4 is 33.3 Å². The lowest BCUT2D eigenvalue weighted by atomic mass is 9.96. The van der Waals surface area contributed by atoms with Crippen LogP contribution in [0.5, 0.6) is 0 Å². The number of hydrogen-bond acceptors (Lipinski definition) is 6. The molecular weight excluding hydrogens is 420 g/mol. The first-order valence-corrected chi connectivity index (χ1v) is 11.6. The maximum atomic E-state index is 12.9. The summed E-state index contributed by atoms with van der Waals surface area (Å²) in [5, 5.41) is 9.36. The summed E-state index contributed by atoms with van der Waals surface area (Å²) in [6, 6.07) is 10.8. The number of aromatic carboxylic acids is 1. The normalized spacial score (nSPS) is 14.8. The van der Waals surface area contributed by atoms with E-state index in [1.807, 2.05) is 11.8 Å². The third-order valence-corrected chi connectivity index (χ3v) is 6.66. The van der Waals surface area contributed by atoms with Crippen LogP contribution < -0.4 is 9.62 Å². The minimum Gasteiger partial charge on any atom is -0.478 e. The Morgan fingerprint density at radius 1 is 1.13 bits per heavy atom. The van der Waals surface area contributed by atoms with Gasteiger partial charge in [0.15, 0.2) is 0 Å². The molecule has 1 saturated heterocycles. The van der Waals surface area contributed by atoms with Gasteiger partial charge in [-0.15, -0.1) is 0 Å². The van der Waals surface area contributed by atoms with Gasteiger partial charge < -0.3 is 14.7 Å². The third kappa shape index (κ3) is 5.35. The first-order valence-electron chi connectivity index (χ1n) is 10.1. The Bertz CT molecular complexity index is 1060. The Labute approximate surface area is 181 Å². The van der Waals surface area contributed by atoms with Crippen molar-refractivity contribution < 1.29 is 27.9 Å². The molecule has 2 aromatic rings. The number of esters is 1. The molecule has 0 bridgehead atoms. The molecule has 0 radical (unpaired) electrons. The molecule has 1 fully saturated rings. The number of carboxylic acids is 1. The Morgan fingerprint density at radius 3 is 2.35 bits per heavy atom. The molecule has 8 nitrogen and oxygen atoms in total. The molecule has 3 rings (SSSR count). The summed E-state index contributed by atoms with van der Waals surface area (Å²) < 4.78 is 33.5. The van der Waals surface area contributed by atoms with Gasteiger partial charge in [-0.25, -0.2) is 13.2 Å². The van der Waals surface area contributed by atoms with Crippen molar-refractivity contribution in [3.05, 3.63) is 53.6 Å². The number of nitrogens with one attached hydrogen (secondary N) is 1. The monoisotopic (exact) mass is 446 g/mol. The highest BCUT2D eigenvalue weighted by atomic mass is 32.2. The summed E-state index contributed by atoms with van der Waals surface area (Å²) in [5.41, 5.74) is 1.67. The molecule has 2 N–H and O–H groups in total. The number of piperidine rings is 1. The van der Waals surface area contributed by atoms with E-state index in [1.54, 1.807) is 25.1 Å². The van der Waals surface area contributed by atoms with Crippen LogP contribution in [0.25, 0.3) is 0 Å². The van der Waals surface area contributed by atoms with Crippen LogP contribution >= 0.6 is 0 Å².